The molecule has 0 aliphatic carbocycles. The summed E-state index contributed by atoms with van der Waals surface area (Å²) in [5.41, 5.74) is 9.35. The molecule has 2 rings (SSSR count). The number of nitrogen functional groups attached to an aromatic ring is 1. The SMILES string of the molecule is Nc1cc(Cl)c(NN2CCOCC2)c(C(=O)O)c1. The minimum atomic E-state index is -1.07. The first-order valence-electron chi connectivity index (χ1n) is 5.49. The summed E-state index contributed by atoms with van der Waals surface area (Å²) in [5.74, 6) is -1.07. The fourth-order valence-corrected chi connectivity index (χ4v) is 2.01. The third-order valence-electron chi connectivity index (χ3n) is 2.62. The first-order valence-corrected chi connectivity index (χ1v) is 5.87. The predicted octanol–water partition coefficient (Wildman–Crippen LogP) is 1.28. The topological polar surface area (TPSA) is 87.8 Å². The number of rotatable bonds is 3. The van der Waals surface area contributed by atoms with Gasteiger partial charge in [0.1, 0.15) is 0 Å². The maximum atomic E-state index is 11.2. The number of ether oxygens (including phenoxy) is 1. The zero-order valence-electron chi connectivity index (χ0n) is 9.65. The van der Waals surface area contributed by atoms with Crippen molar-refractivity contribution in [1.29, 1.82) is 0 Å². The normalized spacial score (nSPS) is 16.5. The van der Waals surface area contributed by atoms with E-state index in [0.717, 1.165) is 0 Å². The summed E-state index contributed by atoms with van der Waals surface area (Å²) in [6.45, 7) is 2.53. The molecular formula is C11H14ClN3O3. The molecule has 7 heteroatoms. The number of hydrogen-bond acceptors (Lipinski definition) is 5. The third kappa shape index (κ3) is 2.84. The van der Waals surface area contributed by atoms with Crippen LogP contribution in [0.15, 0.2) is 12.1 Å². The molecule has 0 spiro atoms. The maximum absolute atomic E-state index is 11.2. The number of nitrogens with zero attached hydrogens (tertiary/aromatic N) is 1. The molecular weight excluding hydrogens is 258 g/mol. The Balaban J connectivity index is 2.27. The number of nitrogens with one attached hydrogen (secondary N) is 1. The van der Waals surface area contributed by atoms with Crippen LogP contribution in [0.3, 0.4) is 0 Å². The van der Waals surface area contributed by atoms with Crippen LogP contribution in [0.25, 0.3) is 0 Å². The van der Waals surface area contributed by atoms with Crippen molar-refractivity contribution < 1.29 is 14.6 Å². The molecule has 0 radical (unpaired) electrons. The fourth-order valence-electron chi connectivity index (χ4n) is 1.74. The van der Waals surface area contributed by atoms with Crippen molar-refractivity contribution in [3.8, 4) is 0 Å². The number of morpholine rings is 1. The molecule has 1 fully saturated rings. The van der Waals surface area contributed by atoms with E-state index in [9.17, 15) is 4.79 Å². The van der Waals surface area contributed by atoms with Crippen LogP contribution in [0, 0.1) is 0 Å². The predicted molar refractivity (Wildman–Crippen MR) is 68.8 cm³/mol. The Labute approximate surface area is 109 Å². The number of carboxylic acids is 1. The van der Waals surface area contributed by atoms with Crippen molar-refractivity contribution in [1.82, 2.24) is 5.01 Å². The lowest BCUT2D eigenvalue weighted by Gasteiger charge is -2.29. The van der Waals surface area contributed by atoms with E-state index in [1.165, 1.54) is 12.1 Å². The summed E-state index contributed by atoms with van der Waals surface area (Å²) in [4.78, 5) is 11.2. The fraction of sp³-hybridized carbons (Fsp3) is 0.364. The molecule has 1 aromatic rings. The molecule has 1 aromatic carbocycles. The molecule has 1 saturated heterocycles. The first-order chi connectivity index (χ1) is 8.58. The molecule has 4 N–H and O–H groups in total. The number of hydrogen-bond donors (Lipinski definition) is 3. The van der Waals surface area contributed by atoms with Gasteiger partial charge in [-0.1, -0.05) is 11.6 Å². The van der Waals surface area contributed by atoms with Crippen LogP contribution < -0.4 is 11.2 Å². The van der Waals surface area contributed by atoms with E-state index in [1.807, 2.05) is 5.01 Å². The van der Waals surface area contributed by atoms with E-state index in [-0.39, 0.29) is 5.56 Å². The highest BCUT2D eigenvalue weighted by molar-refractivity contribution is 6.34. The largest absolute Gasteiger partial charge is 0.478 e. The minimum absolute atomic E-state index is 0.0616. The van der Waals surface area contributed by atoms with Gasteiger partial charge in [0, 0.05) is 18.8 Å². The highest BCUT2D eigenvalue weighted by Crippen LogP contribution is 2.29. The Morgan fingerprint density at radius 3 is 2.72 bits per heavy atom. The lowest BCUT2D eigenvalue weighted by atomic mass is 10.1. The molecule has 18 heavy (non-hydrogen) atoms. The molecule has 1 aliphatic heterocycles. The average Bonchev–Trinajstić information content (AvgIpc) is 2.33. The van der Waals surface area contributed by atoms with Crippen molar-refractivity contribution in [2.75, 3.05) is 37.5 Å². The van der Waals surface area contributed by atoms with Gasteiger partial charge in [-0.15, -0.1) is 0 Å². The Morgan fingerprint density at radius 1 is 1.44 bits per heavy atom. The van der Waals surface area contributed by atoms with E-state index < -0.39 is 5.97 Å². The Morgan fingerprint density at radius 2 is 2.11 bits per heavy atom. The van der Waals surface area contributed by atoms with Gasteiger partial charge in [-0.25, -0.2) is 9.80 Å². The van der Waals surface area contributed by atoms with Crippen molar-refractivity contribution in [2.45, 2.75) is 0 Å². The van der Waals surface area contributed by atoms with E-state index in [4.69, 9.17) is 27.2 Å². The van der Waals surface area contributed by atoms with Gasteiger partial charge < -0.3 is 21.0 Å². The van der Waals surface area contributed by atoms with Crippen LogP contribution in [0.4, 0.5) is 11.4 Å². The quantitative estimate of drug-likeness (QED) is 0.718. The second-order valence-corrected chi connectivity index (χ2v) is 4.35. The van der Waals surface area contributed by atoms with E-state index in [1.54, 1.807) is 0 Å². The van der Waals surface area contributed by atoms with Crippen molar-refractivity contribution >= 4 is 28.9 Å². The van der Waals surface area contributed by atoms with E-state index >= 15 is 0 Å². The van der Waals surface area contributed by atoms with Crippen LogP contribution >= 0.6 is 11.6 Å². The number of carboxylic acid groups (broad SMARTS) is 1. The summed E-state index contributed by atoms with van der Waals surface area (Å²) >= 11 is 6.03. The molecule has 98 valence electrons. The lowest BCUT2D eigenvalue weighted by Crippen LogP contribution is -2.40. The molecule has 0 bridgehead atoms. The standard InChI is InChI=1S/C11H14ClN3O3/c12-9-6-7(13)5-8(11(16)17)10(9)14-15-1-3-18-4-2-15/h5-6,14H,1-4,13H2,(H,16,17). The number of carbonyl (C=O) groups is 1. The van der Waals surface area contributed by atoms with Crippen molar-refractivity contribution in [3.63, 3.8) is 0 Å². The number of aromatic carboxylic acids is 1. The van der Waals surface area contributed by atoms with Crippen molar-refractivity contribution in [2.24, 2.45) is 0 Å². The summed E-state index contributed by atoms with van der Waals surface area (Å²) in [5, 5.41) is 11.3. The van der Waals surface area contributed by atoms with Gasteiger partial charge in [0.05, 0.1) is 29.5 Å². The minimum Gasteiger partial charge on any atom is -0.478 e. The smallest absolute Gasteiger partial charge is 0.337 e. The summed E-state index contributed by atoms with van der Waals surface area (Å²) < 4.78 is 5.21. The van der Waals surface area contributed by atoms with Gasteiger partial charge in [0.2, 0.25) is 0 Å². The van der Waals surface area contributed by atoms with E-state index in [0.29, 0.717) is 42.7 Å². The molecule has 0 amide bonds. The summed E-state index contributed by atoms with van der Waals surface area (Å²) in [6, 6.07) is 2.91. The molecule has 1 aliphatic rings. The highest BCUT2D eigenvalue weighted by Gasteiger charge is 2.18. The van der Waals surface area contributed by atoms with E-state index in [2.05, 4.69) is 5.43 Å². The average molecular weight is 272 g/mol. The maximum Gasteiger partial charge on any atom is 0.337 e. The van der Waals surface area contributed by atoms with Gasteiger partial charge in [0.25, 0.3) is 0 Å². The third-order valence-corrected chi connectivity index (χ3v) is 2.92. The molecule has 0 unspecified atom stereocenters. The highest BCUT2D eigenvalue weighted by atomic mass is 35.5. The second-order valence-electron chi connectivity index (χ2n) is 3.94. The van der Waals surface area contributed by atoms with Crippen LogP contribution in [-0.2, 0) is 4.74 Å². The van der Waals surface area contributed by atoms with Gasteiger partial charge >= 0.3 is 5.97 Å². The van der Waals surface area contributed by atoms with Crippen LogP contribution in [0.5, 0.6) is 0 Å². The first kappa shape index (κ1) is 12.9. The lowest BCUT2D eigenvalue weighted by molar-refractivity contribution is 0.0495. The molecule has 0 atom stereocenters. The molecule has 0 aromatic heterocycles. The van der Waals surface area contributed by atoms with Crippen molar-refractivity contribution in [3.05, 3.63) is 22.7 Å². The summed E-state index contributed by atoms with van der Waals surface area (Å²) in [6.07, 6.45) is 0. The number of benzene rings is 1. The van der Waals surface area contributed by atoms with Crippen LogP contribution in [0.1, 0.15) is 10.4 Å². The zero-order chi connectivity index (χ0) is 13.1. The molecule has 1 heterocycles. The van der Waals surface area contributed by atoms with Gasteiger partial charge in [-0.05, 0) is 12.1 Å². The Hall–Kier alpha value is -1.50. The second kappa shape index (κ2) is 5.43. The van der Waals surface area contributed by atoms with Gasteiger partial charge in [-0.2, -0.15) is 0 Å². The number of halogens is 1. The van der Waals surface area contributed by atoms with Crippen LogP contribution in [0.2, 0.25) is 5.02 Å². The Bertz CT molecular complexity index is 461. The Kier molecular flexibility index (Phi) is 3.90. The molecule has 6 nitrogen and oxygen atoms in total. The molecule has 0 saturated carbocycles. The number of hydrazine groups is 1. The summed E-state index contributed by atoms with van der Waals surface area (Å²) in [7, 11) is 0. The zero-order valence-corrected chi connectivity index (χ0v) is 10.4. The van der Waals surface area contributed by atoms with Gasteiger partial charge in [-0.3, -0.25) is 0 Å². The monoisotopic (exact) mass is 271 g/mol. The van der Waals surface area contributed by atoms with Crippen LogP contribution in [-0.4, -0.2) is 42.4 Å². The number of anilines is 2. The van der Waals surface area contributed by atoms with Gasteiger partial charge in [0.15, 0.2) is 0 Å². The number of nitrogens with two attached hydrogens (primary N) is 1.